The van der Waals surface area contributed by atoms with Gasteiger partial charge in [0, 0.05) is 24.3 Å². The molecule has 1 N–H and O–H groups in total. The van der Waals surface area contributed by atoms with E-state index >= 15 is 0 Å². The number of aryl methyl sites for hydroxylation is 1. The molecule has 1 saturated carbocycles. The third kappa shape index (κ3) is 2.43. The van der Waals surface area contributed by atoms with Crippen LogP contribution < -0.4 is 5.32 Å². The molecule has 2 aromatic rings. The van der Waals surface area contributed by atoms with Gasteiger partial charge in [0.1, 0.15) is 5.82 Å². The lowest BCUT2D eigenvalue weighted by molar-refractivity contribution is 0.625. The first-order valence-electron chi connectivity index (χ1n) is 6.26. The topological polar surface area (TPSA) is 29.9 Å². The molecule has 1 heterocycles. The van der Waals surface area contributed by atoms with Crippen LogP contribution in [0.5, 0.6) is 0 Å². The first kappa shape index (κ1) is 11.4. The monoisotopic (exact) mass is 245 g/mol. The SMILES string of the molecule is Cc1cc(F)ccc1-n1cc(CNC2CC2)cn1. The smallest absolute Gasteiger partial charge is 0.123 e. The molecule has 3 nitrogen and oxygen atoms in total. The van der Waals surface area contributed by atoms with Crippen LogP contribution in [0, 0.1) is 12.7 Å². The second kappa shape index (κ2) is 4.53. The second-order valence-corrected chi connectivity index (χ2v) is 4.88. The molecular weight excluding hydrogens is 229 g/mol. The summed E-state index contributed by atoms with van der Waals surface area (Å²) in [6, 6.07) is 5.45. The third-order valence-corrected chi connectivity index (χ3v) is 3.21. The normalized spacial score (nSPS) is 15.0. The largest absolute Gasteiger partial charge is 0.310 e. The second-order valence-electron chi connectivity index (χ2n) is 4.88. The van der Waals surface area contributed by atoms with E-state index in [-0.39, 0.29) is 5.82 Å². The van der Waals surface area contributed by atoms with Gasteiger partial charge in [-0.05, 0) is 43.5 Å². The number of benzene rings is 1. The van der Waals surface area contributed by atoms with Crippen LogP contribution in [-0.2, 0) is 6.54 Å². The zero-order valence-corrected chi connectivity index (χ0v) is 10.4. The fourth-order valence-corrected chi connectivity index (χ4v) is 2.01. The van der Waals surface area contributed by atoms with E-state index in [1.807, 2.05) is 19.3 Å². The molecule has 0 aliphatic heterocycles. The highest BCUT2D eigenvalue weighted by molar-refractivity contribution is 5.40. The first-order valence-corrected chi connectivity index (χ1v) is 6.26. The molecule has 0 amide bonds. The van der Waals surface area contributed by atoms with Gasteiger partial charge in [-0.1, -0.05) is 0 Å². The zero-order chi connectivity index (χ0) is 12.5. The van der Waals surface area contributed by atoms with E-state index in [9.17, 15) is 4.39 Å². The molecule has 4 heteroatoms. The van der Waals surface area contributed by atoms with Gasteiger partial charge in [-0.2, -0.15) is 5.10 Å². The van der Waals surface area contributed by atoms with Gasteiger partial charge in [0.15, 0.2) is 0 Å². The van der Waals surface area contributed by atoms with Gasteiger partial charge in [-0.15, -0.1) is 0 Å². The molecule has 0 saturated heterocycles. The third-order valence-electron chi connectivity index (χ3n) is 3.21. The minimum atomic E-state index is -0.209. The van der Waals surface area contributed by atoms with Gasteiger partial charge in [0.05, 0.1) is 11.9 Å². The molecule has 0 atom stereocenters. The summed E-state index contributed by atoms with van der Waals surface area (Å²) in [4.78, 5) is 0. The number of rotatable bonds is 4. The molecule has 0 unspecified atom stereocenters. The Morgan fingerprint density at radius 2 is 2.28 bits per heavy atom. The number of hydrogen-bond donors (Lipinski definition) is 1. The van der Waals surface area contributed by atoms with Crippen molar-refractivity contribution in [3.8, 4) is 5.69 Å². The first-order chi connectivity index (χ1) is 8.72. The Morgan fingerprint density at radius 3 is 3.00 bits per heavy atom. The summed E-state index contributed by atoms with van der Waals surface area (Å²) < 4.78 is 14.8. The Balaban J connectivity index is 1.78. The molecule has 1 aromatic heterocycles. The Bertz CT molecular complexity index is 558. The van der Waals surface area contributed by atoms with Gasteiger partial charge in [0.2, 0.25) is 0 Å². The van der Waals surface area contributed by atoms with Crippen molar-refractivity contribution in [2.24, 2.45) is 0 Å². The maximum atomic E-state index is 13.0. The van der Waals surface area contributed by atoms with E-state index in [0.29, 0.717) is 6.04 Å². The van der Waals surface area contributed by atoms with Crippen molar-refractivity contribution in [1.82, 2.24) is 15.1 Å². The quantitative estimate of drug-likeness (QED) is 0.897. The number of nitrogens with zero attached hydrogens (tertiary/aromatic N) is 2. The zero-order valence-electron chi connectivity index (χ0n) is 10.4. The molecule has 94 valence electrons. The highest BCUT2D eigenvalue weighted by Gasteiger charge is 2.20. The summed E-state index contributed by atoms with van der Waals surface area (Å²) >= 11 is 0. The lowest BCUT2D eigenvalue weighted by atomic mass is 10.2. The Labute approximate surface area is 106 Å². The minimum absolute atomic E-state index is 0.209. The van der Waals surface area contributed by atoms with Gasteiger partial charge in [-0.3, -0.25) is 0 Å². The Morgan fingerprint density at radius 1 is 1.44 bits per heavy atom. The molecule has 1 aliphatic carbocycles. The van der Waals surface area contributed by atoms with E-state index in [0.717, 1.165) is 23.4 Å². The summed E-state index contributed by atoms with van der Waals surface area (Å²) in [5.41, 5.74) is 2.97. The summed E-state index contributed by atoms with van der Waals surface area (Å²) in [5.74, 6) is -0.209. The van der Waals surface area contributed by atoms with Crippen LogP contribution in [0.1, 0.15) is 24.0 Å². The molecule has 1 aliphatic rings. The van der Waals surface area contributed by atoms with Crippen LogP contribution in [-0.4, -0.2) is 15.8 Å². The van der Waals surface area contributed by atoms with Gasteiger partial charge in [-0.25, -0.2) is 9.07 Å². The fourth-order valence-electron chi connectivity index (χ4n) is 2.01. The maximum absolute atomic E-state index is 13.0. The average Bonchev–Trinajstić information content (AvgIpc) is 3.05. The lowest BCUT2D eigenvalue weighted by Crippen LogP contribution is -2.14. The molecule has 1 aromatic carbocycles. The van der Waals surface area contributed by atoms with Crippen molar-refractivity contribution in [2.45, 2.75) is 32.4 Å². The number of hydrogen-bond acceptors (Lipinski definition) is 2. The summed E-state index contributed by atoms with van der Waals surface area (Å²) in [6.45, 7) is 2.74. The van der Waals surface area contributed by atoms with Gasteiger partial charge in [0.25, 0.3) is 0 Å². The number of nitrogens with one attached hydrogen (secondary N) is 1. The van der Waals surface area contributed by atoms with Gasteiger partial charge >= 0.3 is 0 Å². The average molecular weight is 245 g/mol. The molecule has 0 spiro atoms. The van der Waals surface area contributed by atoms with Crippen molar-refractivity contribution >= 4 is 0 Å². The molecule has 0 radical (unpaired) electrons. The Hall–Kier alpha value is -1.68. The highest BCUT2D eigenvalue weighted by atomic mass is 19.1. The van der Waals surface area contributed by atoms with Crippen LogP contribution in [0.15, 0.2) is 30.6 Å². The molecule has 1 fully saturated rings. The van der Waals surface area contributed by atoms with E-state index in [1.165, 1.54) is 25.0 Å². The lowest BCUT2D eigenvalue weighted by Gasteiger charge is -2.05. The summed E-state index contributed by atoms with van der Waals surface area (Å²) in [7, 11) is 0. The summed E-state index contributed by atoms with van der Waals surface area (Å²) in [5, 5.41) is 7.78. The highest BCUT2D eigenvalue weighted by Crippen LogP contribution is 2.20. The van der Waals surface area contributed by atoms with E-state index in [2.05, 4.69) is 10.4 Å². The predicted octanol–water partition coefficient (Wildman–Crippen LogP) is 2.57. The van der Waals surface area contributed by atoms with Crippen molar-refractivity contribution in [1.29, 1.82) is 0 Å². The Kier molecular flexibility index (Phi) is 2.88. The van der Waals surface area contributed by atoms with Crippen molar-refractivity contribution < 1.29 is 4.39 Å². The van der Waals surface area contributed by atoms with E-state index in [4.69, 9.17) is 0 Å². The van der Waals surface area contributed by atoms with Crippen LogP contribution in [0.25, 0.3) is 5.69 Å². The summed E-state index contributed by atoms with van der Waals surface area (Å²) in [6.07, 6.45) is 6.42. The van der Waals surface area contributed by atoms with Gasteiger partial charge < -0.3 is 5.32 Å². The molecule has 0 bridgehead atoms. The molecule has 18 heavy (non-hydrogen) atoms. The number of aromatic nitrogens is 2. The molecular formula is C14H16FN3. The van der Waals surface area contributed by atoms with Crippen LogP contribution in [0.3, 0.4) is 0 Å². The number of halogens is 1. The van der Waals surface area contributed by atoms with Crippen LogP contribution in [0.4, 0.5) is 4.39 Å². The molecule has 3 rings (SSSR count). The van der Waals surface area contributed by atoms with Crippen molar-refractivity contribution in [3.05, 3.63) is 47.5 Å². The minimum Gasteiger partial charge on any atom is -0.310 e. The van der Waals surface area contributed by atoms with Crippen LogP contribution >= 0.6 is 0 Å². The maximum Gasteiger partial charge on any atom is 0.123 e. The van der Waals surface area contributed by atoms with Crippen molar-refractivity contribution in [3.63, 3.8) is 0 Å². The van der Waals surface area contributed by atoms with E-state index in [1.54, 1.807) is 10.7 Å². The van der Waals surface area contributed by atoms with Crippen molar-refractivity contribution in [2.75, 3.05) is 0 Å². The van der Waals surface area contributed by atoms with E-state index < -0.39 is 0 Å². The fraction of sp³-hybridized carbons (Fsp3) is 0.357. The standard InChI is InChI=1S/C14H16FN3/c1-10-6-12(15)2-5-14(10)18-9-11(8-17-18)7-16-13-3-4-13/h2,5-6,8-9,13,16H,3-4,7H2,1H3. The predicted molar refractivity (Wildman–Crippen MR) is 68.1 cm³/mol. The van der Waals surface area contributed by atoms with Crippen LogP contribution in [0.2, 0.25) is 0 Å².